The second-order valence-corrected chi connectivity index (χ2v) is 5.16. The molecule has 0 atom stereocenters. The fourth-order valence-corrected chi connectivity index (χ4v) is 2.06. The molecule has 0 aliphatic carbocycles. The number of hydrogen-bond acceptors (Lipinski definition) is 3. The smallest absolute Gasteiger partial charge is 0.185 e. The molecule has 0 fully saturated rings. The molecule has 0 spiro atoms. The molecule has 1 aromatic rings. The molecule has 0 aliphatic heterocycles. The van der Waals surface area contributed by atoms with Crippen LogP contribution in [0.3, 0.4) is 0 Å². The van der Waals surface area contributed by atoms with Crippen LogP contribution in [-0.2, 0) is 4.79 Å². The summed E-state index contributed by atoms with van der Waals surface area (Å²) in [5.41, 5.74) is 1.00. The molecular formula is C13H15ClO2S. The highest BCUT2D eigenvalue weighted by molar-refractivity contribution is 8.13. The van der Waals surface area contributed by atoms with E-state index in [4.69, 9.17) is 16.3 Å². The Hall–Kier alpha value is -0.930. The van der Waals surface area contributed by atoms with Gasteiger partial charge in [0.05, 0.1) is 7.11 Å². The first-order valence-corrected chi connectivity index (χ1v) is 6.62. The summed E-state index contributed by atoms with van der Waals surface area (Å²) >= 11 is 7.28. The average molecular weight is 271 g/mol. The predicted molar refractivity (Wildman–Crippen MR) is 74.8 cm³/mol. The number of ether oxygens (including phenoxy) is 1. The minimum Gasteiger partial charge on any atom is -0.497 e. The number of allylic oxidation sites excluding steroid dienone is 1. The number of methoxy groups -OCH3 is 1. The van der Waals surface area contributed by atoms with Gasteiger partial charge >= 0.3 is 0 Å². The zero-order valence-corrected chi connectivity index (χ0v) is 11.5. The number of carbonyl (C=O) groups excluding carboxylic acids is 1. The number of halogens is 1. The molecule has 0 radical (unpaired) electrons. The minimum atomic E-state index is 0.155. The van der Waals surface area contributed by atoms with Crippen molar-refractivity contribution in [3.63, 3.8) is 0 Å². The van der Waals surface area contributed by atoms with E-state index in [9.17, 15) is 4.79 Å². The van der Waals surface area contributed by atoms with Crippen LogP contribution < -0.4 is 4.74 Å². The van der Waals surface area contributed by atoms with Crippen molar-refractivity contribution >= 4 is 34.6 Å². The molecule has 17 heavy (non-hydrogen) atoms. The summed E-state index contributed by atoms with van der Waals surface area (Å²) in [7, 11) is 1.61. The van der Waals surface area contributed by atoms with E-state index in [0.29, 0.717) is 5.02 Å². The van der Waals surface area contributed by atoms with Crippen LogP contribution in [0.4, 0.5) is 0 Å². The fourth-order valence-electron chi connectivity index (χ4n) is 1.29. The SMILES string of the molecule is COc1cc(Cl)cc(C=CCCSC(C)=O)c1. The molecule has 2 nitrogen and oxygen atoms in total. The monoisotopic (exact) mass is 270 g/mol. The number of rotatable bonds is 5. The van der Waals surface area contributed by atoms with Crippen LogP contribution in [0.5, 0.6) is 5.75 Å². The maximum atomic E-state index is 10.7. The lowest BCUT2D eigenvalue weighted by molar-refractivity contribution is -0.109. The Morgan fingerprint density at radius 1 is 1.47 bits per heavy atom. The second-order valence-electron chi connectivity index (χ2n) is 3.46. The van der Waals surface area contributed by atoms with E-state index in [1.165, 1.54) is 11.8 Å². The molecule has 0 N–H and O–H groups in total. The molecule has 0 saturated heterocycles. The lowest BCUT2D eigenvalue weighted by Gasteiger charge is -2.02. The molecule has 92 valence electrons. The molecule has 1 rings (SSSR count). The van der Waals surface area contributed by atoms with Crippen molar-refractivity contribution in [1.82, 2.24) is 0 Å². The van der Waals surface area contributed by atoms with Crippen molar-refractivity contribution in [3.8, 4) is 5.75 Å². The lowest BCUT2D eigenvalue weighted by Crippen LogP contribution is -1.85. The molecule has 0 unspecified atom stereocenters. The van der Waals surface area contributed by atoms with E-state index in [0.717, 1.165) is 23.5 Å². The Labute approximate surface area is 111 Å². The number of thioether (sulfide) groups is 1. The standard InChI is InChI=1S/C13H15ClO2S/c1-10(15)17-6-4-3-5-11-7-12(14)9-13(8-11)16-2/h3,5,7-9H,4,6H2,1-2H3. The van der Waals surface area contributed by atoms with Gasteiger partial charge in [-0.05, 0) is 30.2 Å². The normalized spacial score (nSPS) is 10.8. The highest BCUT2D eigenvalue weighted by atomic mass is 35.5. The molecular weight excluding hydrogens is 256 g/mol. The maximum absolute atomic E-state index is 10.7. The molecule has 1 aromatic carbocycles. The van der Waals surface area contributed by atoms with Gasteiger partial charge in [-0.25, -0.2) is 0 Å². The summed E-state index contributed by atoms with van der Waals surface area (Å²) in [5.74, 6) is 1.55. The maximum Gasteiger partial charge on any atom is 0.185 e. The van der Waals surface area contributed by atoms with Crippen LogP contribution in [0, 0.1) is 0 Å². The van der Waals surface area contributed by atoms with Crippen LogP contribution in [0.1, 0.15) is 18.9 Å². The molecule has 0 saturated carbocycles. The van der Waals surface area contributed by atoms with Crippen LogP contribution in [-0.4, -0.2) is 18.0 Å². The van der Waals surface area contributed by atoms with Gasteiger partial charge in [0.25, 0.3) is 0 Å². The van der Waals surface area contributed by atoms with E-state index in [1.807, 2.05) is 24.3 Å². The van der Waals surface area contributed by atoms with Crippen LogP contribution in [0.25, 0.3) is 6.08 Å². The van der Waals surface area contributed by atoms with E-state index < -0.39 is 0 Å². The van der Waals surface area contributed by atoms with E-state index in [-0.39, 0.29) is 5.12 Å². The van der Waals surface area contributed by atoms with Crippen molar-refractivity contribution in [2.75, 3.05) is 12.9 Å². The van der Waals surface area contributed by atoms with Crippen molar-refractivity contribution in [2.45, 2.75) is 13.3 Å². The predicted octanol–water partition coefficient (Wildman–Crippen LogP) is 4.03. The Morgan fingerprint density at radius 3 is 2.88 bits per heavy atom. The van der Waals surface area contributed by atoms with Gasteiger partial charge in [0, 0.05) is 17.7 Å². The van der Waals surface area contributed by atoms with E-state index in [2.05, 4.69) is 0 Å². The summed E-state index contributed by atoms with van der Waals surface area (Å²) in [5, 5.41) is 0.810. The van der Waals surface area contributed by atoms with Gasteiger partial charge in [-0.3, -0.25) is 4.79 Å². The van der Waals surface area contributed by atoms with E-state index >= 15 is 0 Å². The average Bonchev–Trinajstić information content (AvgIpc) is 2.27. The summed E-state index contributed by atoms with van der Waals surface area (Å²) in [4.78, 5) is 10.7. The van der Waals surface area contributed by atoms with Crippen LogP contribution >= 0.6 is 23.4 Å². The highest BCUT2D eigenvalue weighted by Crippen LogP contribution is 2.21. The van der Waals surface area contributed by atoms with Crippen molar-refractivity contribution in [3.05, 3.63) is 34.9 Å². The van der Waals surface area contributed by atoms with Gasteiger partial charge in [0.1, 0.15) is 5.75 Å². The van der Waals surface area contributed by atoms with Gasteiger partial charge < -0.3 is 4.74 Å². The lowest BCUT2D eigenvalue weighted by atomic mass is 10.2. The first kappa shape index (κ1) is 14.1. The number of hydrogen-bond donors (Lipinski definition) is 0. The van der Waals surface area contributed by atoms with Gasteiger partial charge in [0.2, 0.25) is 0 Å². The molecule has 0 aromatic heterocycles. The van der Waals surface area contributed by atoms with Gasteiger partial charge in [-0.1, -0.05) is 35.5 Å². The number of carbonyl (C=O) groups is 1. The summed E-state index contributed by atoms with van der Waals surface area (Å²) < 4.78 is 5.13. The molecule has 0 bridgehead atoms. The largest absolute Gasteiger partial charge is 0.497 e. The Morgan fingerprint density at radius 2 is 2.24 bits per heavy atom. The molecule has 4 heteroatoms. The van der Waals surface area contributed by atoms with E-state index in [1.54, 1.807) is 20.1 Å². The van der Waals surface area contributed by atoms with Gasteiger partial charge in [-0.2, -0.15) is 0 Å². The van der Waals surface area contributed by atoms with Crippen molar-refractivity contribution < 1.29 is 9.53 Å². The van der Waals surface area contributed by atoms with Crippen molar-refractivity contribution in [1.29, 1.82) is 0 Å². The number of benzene rings is 1. The Kier molecular flexibility index (Phi) is 6.16. The van der Waals surface area contributed by atoms with Gasteiger partial charge in [-0.15, -0.1) is 0 Å². The Balaban J connectivity index is 2.52. The third-order valence-corrected chi connectivity index (χ3v) is 3.09. The third-order valence-electron chi connectivity index (χ3n) is 2.03. The van der Waals surface area contributed by atoms with Gasteiger partial charge in [0.15, 0.2) is 5.12 Å². The summed E-state index contributed by atoms with van der Waals surface area (Å²) in [6.45, 7) is 1.58. The van der Waals surface area contributed by atoms with Crippen molar-refractivity contribution in [2.24, 2.45) is 0 Å². The zero-order chi connectivity index (χ0) is 12.7. The molecule has 0 aliphatic rings. The first-order chi connectivity index (χ1) is 8.11. The van der Waals surface area contributed by atoms with Crippen LogP contribution in [0.2, 0.25) is 5.02 Å². The molecule has 0 amide bonds. The highest BCUT2D eigenvalue weighted by Gasteiger charge is 1.97. The summed E-state index contributed by atoms with van der Waals surface area (Å²) in [6, 6.07) is 5.56. The first-order valence-electron chi connectivity index (χ1n) is 5.26. The van der Waals surface area contributed by atoms with Crippen LogP contribution in [0.15, 0.2) is 24.3 Å². The topological polar surface area (TPSA) is 26.3 Å². The third kappa shape index (κ3) is 5.80. The Bertz CT molecular complexity index is 416. The second kappa shape index (κ2) is 7.41. The summed E-state index contributed by atoms with van der Waals surface area (Å²) in [6.07, 6.45) is 4.87. The minimum absolute atomic E-state index is 0.155. The quantitative estimate of drug-likeness (QED) is 0.756. The fraction of sp³-hybridized carbons (Fsp3) is 0.308. The zero-order valence-electron chi connectivity index (χ0n) is 9.90. The molecule has 0 heterocycles.